The quantitative estimate of drug-likeness (QED) is 0.237. The minimum atomic E-state index is -4.88. The number of alkyl halides is 3. The maximum absolute atomic E-state index is 12.6. The van der Waals surface area contributed by atoms with Crippen LogP contribution in [0.2, 0.25) is 0 Å². The monoisotopic (exact) mass is 491 g/mol. The van der Waals surface area contributed by atoms with Gasteiger partial charge in [-0.25, -0.2) is 4.68 Å². The fourth-order valence-electron chi connectivity index (χ4n) is 3.26. The van der Waals surface area contributed by atoms with E-state index in [-0.39, 0.29) is 17.7 Å². The molecular weight excluding hydrogens is 474 g/mol. The molecule has 2 heterocycles. The number of aromatic nitrogens is 4. The van der Waals surface area contributed by atoms with Crippen LogP contribution >= 0.6 is 0 Å². The smallest absolute Gasteiger partial charge is 0.497 e. The third kappa shape index (κ3) is 5.77. The minimum Gasteiger partial charge on any atom is -0.497 e. The van der Waals surface area contributed by atoms with Crippen molar-refractivity contribution in [3.63, 3.8) is 0 Å². The molecule has 2 aromatic heterocycles. The Morgan fingerprint density at radius 3 is 2.51 bits per heavy atom. The number of carbonyl (C=O) groups is 1. The van der Waals surface area contributed by atoms with Gasteiger partial charge in [0, 0.05) is 22.5 Å². The number of benzene rings is 2. The largest absolute Gasteiger partial charge is 0.573 e. The number of fused-ring (bicyclic) bond motifs is 1. The molecule has 0 atom stereocenters. The molecule has 0 radical (unpaired) electrons. The number of nitrogens with two attached hydrogens (primary N) is 1. The zero-order valence-corrected chi connectivity index (χ0v) is 17.8. The highest BCUT2D eigenvalue weighted by Gasteiger charge is 2.32. The Morgan fingerprint density at radius 1 is 1.17 bits per heavy atom. The molecule has 0 saturated heterocycles. The number of anilines is 1. The number of rotatable bonds is 5. The summed E-state index contributed by atoms with van der Waals surface area (Å²) in [7, 11) is -0.546. The summed E-state index contributed by atoms with van der Waals surface area (Å²) in [6.45, 7) is -0.250. The van der Waals surface area contributed by atoms with Crippen LogP contribution in [0, 0.1) is 0 Å². The van der Waals surface area contributed by atoms with Crippen LogP contribution in [0.3, 0.4) is 0 Å². The van der Waals surface area contributed by atoms with E-state index < -0.39 is 19.2 Å². The van der Waals surface area contributed by atoms with Gasteiger partial charge in [0.2, 0.25) is 0 Å². The normalized spacial score (nSPS) is 10.9. The van der Waals surface area contributed by atoms with Gasteiger partial charge < -0.3 is 30.4 Å². The summed E-state index contributed by atoms with van der Waals surface area (Å²) in [6, 6.07) is 7.93. The first-order chi connectivity index (χ1) is 16.6. The highest BCUT2D eigenvalue weighted by Crippen LogP contribution is 2.33. The van der Waals surface area contributed by atoms with Crippen molar-refractivity contribution in [1.29, 1.82) is 0 Å². The van der Waals surface area contributed by atoms with Crippen molar-refractivity contribution in [2.75, 3.05) is 12.8 Å². The van der Waals surface area contributed by atoms with Gasteiger partial charge in [-0.1, -0.05) is 6.07 Å². The molecule has 0 saturated carbocycles. The molecule has 4 aromatic rings. The lowest BCUT2D eigenvalue weighted by Gasteiger charge is -2.16. The molecule has 0 aliphatic carbocycles. The number of halogens is 3. The number of ether oxygens (including phenoxy) is 2. The Kier molecular flexibility index (Phi) is 7.41. The summed E-state index contributed by atoms with van der Waals surface area (Å²) in [5, 5.41) is 38.9. The summed E-state index contributed by atoms with van der Waals surface area (Å²) in [6.07, 6.45) is -1.52. The van der Waals surface area contributed by atoms with Gasteiger partial charge in [-0.3, -0.25) is 4.79 Å². The van der Waals surface area contributed by atoms with Crippen molar-refractivity contribution >= 4 is 35.6 Å². The second-order valence-corrected chi connectivity index (χ2v) is 6.79. The van der Waals surface area contributed by atoms with E-state index in [4.69, 9.17) is 20.4 Å². The van der Waals surface area contributed by atoms with Crippen molar-refractivity contribution in [3.8, 4) is 28.3 Å². The van der Waals surface area contributed by atoms with E-state index in [1.54, 1.807) is 18.2 Å². The zero-order chi connectivity index (χ0) is 25.8. The van der Waals surface area contributed by atoms with E-state index in [2.05, 4.69) is 20.0 Å². The Morgan fingerprint density at radius 2 is 1.89 bits per heavy atom. The summed E-state index contributed by atoms with van der Waals surface area (Å²) in [5.74, 6) is -0.428. The molecule has 0 spiro atoms. The van der Waals surface area contributed by atoms with E-state index in [0.717, 1.165) is 17.1 Å². The molecular formula is C20H17BF3N5O6. The molecule has 11 nitrogen and oxygen atoms in total. The highest BCUT2D eigenvalue weighted by molar-refractivity contribution is 6.60. The lowest BCUT2D eigenvalue weighted by molar-refractivity contribution is -0.274. The third-order valence-electron chi connectivity index (χ3n) is 4.65. The van der Waals surface area contributed by atoms with Gasteiger partial charge >= 0.3 is 13.5 Å². The Balaban J connectivity index is 0.00000108. The zero-order valence-electron chi connectivity index (χ0n) is 17.8. The van der Waals surface area contributed by atoms with Crippen LogP contribution < -0.4 is 20.7 Å². The van der Waals surface area contributed by atoms with E-state index >= 15 is 0 Å². The lowest BCUT2D eigenvalue weighted by Crippen LogP contribution is -2.31. The van der Waals surface area contributed by atoms with Gasteiger partial charge in [0.05, 0.1) is 42.6 Å². The summed E-state index contributed by atoms with van der Waals surface area (Å²) < 4.78 is 48.0. The summed E-state index contributed by atoms with van der Waals surface area (Å²) in [4.78, 5) is 8.36. The van der Waals surface area contributed by atoms with Gasteiger partial charge in [0.25, 0.3) is 6.47 Å². The van der Waals surface area contributed by atoms with Crippen molar-refractivity contribution < 1.29 is 42.6 Å². The maximum Gasteiger partial charge on any atom is 0.573 e. The first kappa shape index (κ1) is 25.3. The Hall–Kier alpha value is -4.37. The van der Waals surface area contributed by atoms with Crippen molar-refractivity contribution in [2.45, 2.75) is 6.36 Å². The molecule has 5 N–H and O–H groups in total. The fraction of sp³-hybridized carbons (Fsp3) is 0.100. The molecule has 182 valence electrons. The van der Waals surface area contributed by atoms with Crippen LogP contribution in [-0.4, -0.2) is 62.2 Å². The topological polar surface area (TPSA) is 166 Å². The summed E-state index contributed by atoms with van der Waals surface area (Å²) >= 11 is 0. The number of nitrogens with zero attached hydrogens (tertiary/aromatic N) is 4. The van der Waals surface area contributed by atoms with Gasteiger partial charge in [-0.05, 0) is 23.8 Å². The molecule has 0 bridgehead atoms. The van der Waals surface area contributed by atoms with Gasteiger partial charge in [0.1, 0.15) is 5.75 Å². The Bertz CT molecular complexity index is 1350. The molecule has 4 rings (SSSR count). The van der Waals surface area contributed by atoms with E-state index in [1.165, 1.54) is 25.4 Å². The average Bonchev–Trinajstić information content (AvgIpc) is 3.25. The minimum absolute atomic E-state index is 0.0453. The van der Waals surface area contributed by atoms with E-state index in [9.17, 15) is 23.2 Å². The van der Waals surface area contributed by atoms with Crippen LogP contribution in [0.4, 0.5) is 18.9 Å². The second-order valence-electron chi connectivity index (χ2n) is 6.79. The molecule has 0 fully saturated rings. The third-order valence-corrected chi connectivity index (χ3v) is 4.65. The SMILES string of the molecule is COc1cc(-n2cc(OC(F)(F)F)cn2)c(-c2ccc3c(N)cnnc3c2)cc1B(O)O.O=CO. The molecule has 0 amide bonds. The Labute approximate surface area is 195 Å². The standard InChI is InChI=1S/C19H15BF3N5O4.CH2O2/c1-31-18-6-17(28-9-11(7-26-28)32-19(21,22)23)13(5-14(18)20(29)30)10-2-3-12-15(24)8-25-27-16(12)4-10;2-1-3/h2-9,29-30H,1H3,(H2,24,27);1H,(H,2,3). The summed E-state index contributed by atoms with van der Waals surface area (Å²) in [5.41, 5.74) is 8.09. The molecule has 15 heteroatoms. The lowest BCUT2D eigenvalue weighted by atomic mass is 9.77. The van der Waals surface area contributed by atoms with Crippen LogP contribution in [0.25, 0.3) is 27.7 Å². The number of hydrogen-bond acceptors (Lipinski definition) is 9. The molecule has 35 heavy (non-hydrogen) atoms. The highest BCUT2D eigenvalue weighted by atomic mass is 19.4. The van der Waals surface area contributed by atoms with E-state index in [1.807, 2.05) is 0 Å². The number of carboxylic acid groups (broad SMARTS) is 1. The number of hydrogen-bond donors (Lipinski definition) is 4. The van der Waals surface area contributed by atoms with Crippen molar-refractivity contribution in [3.05, 3.63) is 48.9 Å². The average molecular weight is 491 g/mol. The van der Waals surface area contributed by atoms with Gasteiger partial charge in [-0.15, -0.1) is 13.2 Å². The molecule has 2 aromatic carbocycles. The van der Waals surface area contributed by atoms with Crippen molar-refractivity contribution in [1.82, 2.24) is 20.0 Å². The predicted octanol–water partition coefficient (Wildman–Crippen LogP) is 1.35. The number of nitrogen functional groups attached to an aromatic ring is 1. The molecule has 0 aliphatic rings. The second kappa shape index (κ2) is 10.3. The van der Waals surface area contributed by atoms with Crippen LogP contribution in [0.1, 0.15) is 0 Å². The van der Waals surface area contributed by atoms with Gasteiger partial charge in [-0.2, -0.15) is 15.3 Å². The van der Waals surface area contributed by atoms with Crippen LogP contribution in [0.15, 0.2) is 48.9 Å². The molecule has 0 unspecified atom stereocenters. The molecule has 0 aliphatic heterocycles. The number of methoxy groups -OCH3 is 1. The van der Waals surface area contributed by atoms with Crippen LogP contribution in [-0.2, 0) is 4.79 Å². The maximum atomic E-state index is 12.6. The van der Waals surface area contributed by atoms with Crippen molar-refractivity contribution in [2.24, 2.45) is 0 Å². The first-order valence-corrected chi connectivity index (χ1v) is 9.56. The fourth-order valence-corrected chi connectivity index (χ4v) is 3.26. The van der Waals surface area contributed by atoms with E-state index in [0.29, 0.717) is 33.4 Å². The predicted molar refractivity (Wildman–Crippen MR) is 118 cm³/mol. The van der Waals surface area contributed by atoms with Crippen LogP contribution in [0.5, 0.6) is 11.5 Å². The first-order valence-electron chi connectivity index (χ1n) is 9.56. The van der Waals surface area contributed by atoms with Gasteiger partial charge in [0.15, 0.2) is 5.75 Å².